The number of rotatable bonds is 3. The molecule has 0 fully saturated rings. The second-order valence-electron chi connectivity index (χ2n) is 3.29. The van der Waals surface area contributed by atoms with Gasteiger partial charge in [0, 0.05) is 23.5 Å². The lowest BCUT2D eigenvalue weighted by molar-refractivity contribution is 0.415. The highest BCUT2D eigenvalue weighted by Crippen LogP contribution is 2.21. The Morgan fingerprint density at radius 3 is 2.50 bits per heavy atom. The highest BCUT2D eigenvalue weighted by molar-refractivity contribution is 5.78. The summed E-state index contributed by atoms with van der Waals surface area (Å²) in [6.45, 7) is 0. The molecule has 0 bridgehead atoms. The highest BCUT2D eigenvalue weighted by Gasteiger charge is 2.00. The van der Waals surface area contributed by atoms with Crippen LogP contribution in [0.3, 0.4) is 0 Å². The Bertz CT molecular complexity index is 492. The van der Waals surface area contributed by atoms with Gasteiger partial charge in [-0.1, -0.05) is 12.1 Å². The third-order valence-electron chi connectivity index (χ3n) is 2.28. The van der Waals surface area contributed by atoms with Crippen molar-refractivity contribution in [1.82, 2.24) is 4.98 Å². The molecule has 1 aromatic heterocycles. The summed E-state index contributed by atoms with van der Waals surface area (Å²) in [5, 5.41) is 0. The molecule has 79 valence electrons. The average molecular weight is 212 g/mol. The fraction of sp³-hybridized carbons (Fsp3) is 0.0769. The lowest BCUT2D eigenvalue weighted by Gasteiger charge is -2.03. The second-order valence-corrected chi connectivity index (χ2v) is 3.29. The van der Waals surface area contributed by atoms with Crippen LogP contribution in [0, 0.1) is 0 Å². The molecule has 0 aliphatic rings. The fourth-order valence-corrected chi connectivity index (χ4v) is 1.44. The van der Waals surface area contributed by atoms with E-state index < -0.39 is 0 Å². The van der Waals surface area contributed by atoms with Gasteiger partial charge in [-0.25, -0.2) is 0 Å². The molecule has 0 saturated carbocycles. The van der Waals surface area contributed by atoms with Crippen molar-refractivity contribution < 1.29 is 9.53 Å². The summed E-state index contributed by atoms with van der Waals surface area (Å²) in [4.78, 5) is 14.5. The quantitative estimate of drug-likeness (QED) is 0.783. The van der Waals surface area contributed by atoms with E-state index >= 15 is 0 Å². The van der Waals surface area contributed by atoms with Crippen molar-refractivity contribution in [2.75, 3.05) is 7.11 Å². The number of benzene rings is 1. The van der Waals surface area contributed by atoms with Gasteiger partial charge in [0.05, 0.1) is 7.11 Å². The van der Waals surface area contributed by atoms with Gasteiger partial charge in [-0.05, 0) is 23.8 Å². The Morgan fingerprint density at radius 2 is 1.88 bits per heavy atom. The Labute approximate surface area is 93.7 Å². The lowest BCUT2D eigenvalue weighted by atomic mass is 10.1. The summed E-state index contributed by atoms with van der Waals surface area (Å²) in [7, 11) is 1.62. The van der Waals surface area contributed by atoms with Crippen molar-refractivity contribution in [3.63, 3.8) is 0 Å². The molecule has 1 radical (unpaired) electrons. The van der Waals surface area contributed by atoms with Crippen molar-refractivity contribution in [2.24, 2.45) is 0 Å². The maximum absolute atomic E-state index is 10.5. The van der Waals surface area contributed by atoms with Crippen LogP contribution >= 0.6 is 0 Å². The Kier molecular flexibility index (Phi) is 2.96. The van der Waals surface area contributed by atoms with Crippen molar-refractivity contribution in [2.45, 2.75) is 0 Å². The minimum Gasteiger partial charge on any atom is -0.497 e. The molecule has 1 aromatic carbocycles. The number of pyridine rings is 1. The summed E-state index contributed by atoms with van der Waals surface area (Å²) in [6, 6.07) is 9.33. The third kappa shape index (κ3) is 2.08. The lowest BCUT2D eigenvalue weighted by Crippen LogP contribution is -1.86. The number of carbonyl (C=O) groups excluding carboxylic acids is 1. The van der Waals surface area contributed by atoms with E-state index in [1.54, 1.807) is 19.4 Å². The van der Waals surface area contributed by atoms with Crippen LogP contribution in [0.15, 0.2) is 42.7 Å². The summed E-state index contributed by atoms with van der Waals surface area (Å²) in [5.41, 5.74) is 2.34. The largest absolute Gasteiger partial charge is 0.497 e. The van der Waals surface area contributed by atoms with Gasteiger partial charge in [0.15, 0.2) is 0 Å². The Morgan fingerprint density at radius 1 is 1.12 bits per heavy atom. The van der Waals surface area contributed by atoms with Crippen LogP contribution in [0.2, 0.25) is 0 Å². The number of hydrogen-bond acceptors (Lipinski definition) is 3. The van der Waals surface area contributed by atoms with E-state index in [0.717, 1.165) is 16.9 Å². The van der Waals surface area contributed by atoms with Crippen LogP contribution in [0.25, 0.3) is 11.1 Å². The van der Waals surface area contributed by atoms with Crippen LogP contribution < -0.4 is 4.74 Å². The molecule has 0 amide bonds. The molecule has 0 aliphatic carbocycles. The molecule has 0 saturated heterocycles. The van der Waals surface area contributed by atoms with Crippen LogP contribution in [-0.4, -0.2) is 18.4 Å². The molecule has 16 heavy (non-hydrogen) atoms. The second kappa shape index (κ2) is 4.57. The molecule has 2 aromatic rings. The van der Waals surface area contributed by atoms with Crippen LogP contribution in [-0.2, 0) is 4.79 Å². The molecule has 0 N–H and O–H groups in total. The minimum absolute atomic E-state index is 0.452. The summed E-state index contributed by atoms with van der Waals surface area (Å²) >= 11 is 0. The molecular formula is C13H10NO2. The number of aromatic nitrogens is 1. The van der Waals surface area contributed by atoms with E-state index in [9.17, 15) is 4.79 Å². The van der Waals surface area contributed by atoms with E-state index in [4.69, 9.17) is 4.74 Å². The zero-order chi connectivity index (χ0) is 11.4. The molecule has 2 rings (SSSR count). The zero-order valence-corrected chi connectivity index (χ0v) is 8.81. The van der Waals surface area contributed by atoms with Gasteiger partial charge in [0.25, 0.3) is 0 Å². The Balaban J connectivity index is 2.38. The van der Waals surface area contributed by atoms with Crippen molar-refractivity contribution in [3.8, 4) is 16.9 Å². The van der Waals surface area contributed by atoms with Gasteiger partial charge in [-0.15, -0.1) is 0 Å². The van der Waals surface area contributed by atoms with Crippen LogP contribution in [0.4, 0.5) is 0 Å². The first-order chi connectivity index (χ1) is 7.83. The molecule has 1 heterocycles. The van der Waals surface area contributed by atoms with Crippen LogP contribution in [0.5, 0.6) is 5.75 Å². The van der Waals surface area contributed by atoms with E-state index in [2.05, 4.69) is 4.98 Å². The summed E-state index contributed by atoms with van der Waals surface area (Å²) in [6.07, 6.45) is 5.02. The van der Waals surface area contributed by atoms with Crippen molar-refractivity contribution in [1.29, 1.82) is 0 Å². The number of hydrogen-bond donors (Lipinski definition) is 0. The van der Waals surface area contributed by atoms with Gasteiger partial charge >= 0.3 is 0 Å². The first-order valence-corrected chi connectivity index (χ1v) is 4.81. The average Bonchev–Trinajstić information content (AvgIpc) is 2.39. The van der Waals surface area contributed by atoms with Gasteiger partial charge in [0.2, 0.25) is 6.29 Å². The predicted octanol–water partition coefficient (Wildman–Crippen LogP) is 2.21. The molecule has 3 heteroatoms. The number of ether oxygens (including phenoxy) is 1. The fourth-order valence-electron chi connectivity index (χ4n) is 1.44. The molecule has 0 aliphatic heterocycles. The Hall–Kier alpha value is -2.16. The van der Waals surface area contributed by atoms with E-state index in [0.29, 0.717) is 5.56 Å². The smallest absolute Gasteiger partial charge is 0.235 e. The molecule has 0 spiro atoms. The zero-order valence-electron chi connectivity index (χ0n) is 8.81. The van der Waals surface area contributed by atoms with Crippen molar-refractivity contribution >= 4 is 6.29 Å². The van der Waals surface area contributed by atoms with Gasteiger partial charge < -0.3 is 4.74 Å². The van der Waals surface area contributed by atoms with E-state index in [1.807, 2.05) is 30.6 Å². The minimum atomic E-state index is 0.452. The van der Waals surface area contributed by atoms with E-state index in [-0.39, 0.29) is 0 Å². The SMILES string of the molecule is COc1ccc(-c2cncc([C]=O)c2)cc1. The van der Waals surface area contributed by atoms with E-state index in [1.165, 1.54) is 6.20 Å². The van der Waals surface area contributed by atoms with Gasteiger partial charge in [-0.3, -0.25) is 9.78 Å². The molecule has 0 atom stereocenters. The monoisotopic (exact) mass is 212 g/mol. The highest BCUT2D eigenvalue weighted by atomic mass is 16.5. The summed E-state index contributed by atoms with van der Waals surface area (Å²) in [5.74, 6) is 0.801. The van der Waals surface area contributed by atoms with Crippen LogP contribution in [0.1, 0.15) is 5.56 Å². The third-order valence-corrected chi connectivity index (χ3v) is 2.28. The van der Waals surface area contributed by atoms with Crippen molar-refractivity contribution in [3.05, 3.63) is 48.3 Å². The molecule has 0 unspecified atom stereocenters. The maximum Gasteiger partial charge on any atom is 0.235 e. The normalized spacial score (nSPS) is 9.81. The van der Waals surface area contributed by atoms with Gasteiger partial charge in [-0.2, -0.15) is 0 Å². The predicted molar refractivity (Wildman–Crippen MR) is 61.0 cm³/mol. The maximum atomic E-state index is 10.5. The first kappa shape index (κ1) is 10.4. The number of nitrogens with zero attached hydrogens (tertiary/aromatic N) is 1. The number of methoxy groups -OCH3 is 1. The summed E-state index contributed by atoms with van der Waals surface area (Å²) < 4.78 is 5.07. The standard InChI is InChI=1S/C13H10NO2/c1-16-13-4-2-11(3-5-13)12-6-10(9-15)7-14-8-12/h2-8H,1H3. The van der Waals surface area contributed by atoms with Gasteiger partial charge in [0.1, 0.15) is 5.75 Å². The molecular weight excluding hydrogens is 202 g/mol. The topological polar surface area (TPSA) is 39.2 Å². The molecule has 3 nitrogen and oxygen atoms in total. The first-order valence-electron chi connectivity index (χ1n) is 4.81.